The van der Waals surface area contributed by atoms with Crippen LogP contribution in [0.25, 0.3) is 22.1 Å². The van der Waals surface area contributed by atoms with E-state index in [0.29, 0.717) is 11.1 Å². The normalized spacial score (nSPS) is 10.7. The van der Waals surface area contributed by atoms with Crippen LogP contribution in [0.3, 0.4) is 0 Å². The van der Waals surface area contributed by atoms with Crippen molar-refractivity contribution < 1.29 is 38.3 Å². The molecule has 29 heavy (non-hydrogen) atoms. The lowest BCUT2D eigenvalue weighted by Gasteiger charge is -2.22. The molecule has 0 unspecified atom stereocenters. The van der Waals surface area contributed by atoms with Gasteiger partial charge in [-0.05, 0) is 6.07 Å². The Hall–Kier alpha value is -3.75. The molecule has 0 radical (unpaired) electrons. The van der Waals surface area contributed by atoms with Gasteiger partial charge in [0.05, 0.1) is 46.5 Å². The highest BCUT2D eigenvalue weighted by atomic mass is 16.6. The van der Waals surface area contributed by atoms with Crippen LogP contribution in [0, 0.1) is 0 Å². The lowest BCUT2D eigenvalue weighted by atomic mass is 9.97. The molecule has 0 bridgehead atoms. The van der Waals surface area contributed by atoms with Crippen molar-refractivity contribution in [3.63, 3.8) is 0 Å². The lowest BCUT2D eigenvalue weighted by Crippen LogP contribution is -2.04. The number of methoxy groups -OCH3 is 5. The Morgan fingerprint density at radius 2 is 1.21 bits per heavy atom. The van der Waals surface area contributed by atoms with Gasteiger partial charge in [0.1, 0.15) is 5.58 Å². The third-order valence-electron chi connectivity index (χ3n) is 4.45. The summed E-state index contributed by atoms with van der Waals surface area (Å²) in [7, 11) is 7.16. The van der Waals surface area contributed by atoms with Gasteiger partial charge in [0, 0.05) is 5.56 Å². The minimum Gasteiger partial charge on any atom is -0.504 e. The van der Waals surface area contributed by atoms with Crippen molar-refractivity contribution >= 4 is 11.0 Å². The van der Waals surface area contributed by atoms with E-state index in [1.165, 1.54) is 41.6 Å². The van der Waals surface area contributed by atoms with Crippen molar-refractivity contribution in [2.45, 2.75) is 0 Å². The molecular formula is C20H20O9. The molecule has 9 heteroatoms. The molecule has 0 fully saturated rings. The lowest BCUT2D eigenvalue weighted by molar-refractivity contribution is 0.292. The fraction of sp³-hybridized carbons (Fsp3) is 0.250. The predicted octanol–water partition coefficient (Wildman–Crippen LogP) is 2.91. The van der Waals surface area contributed by atoms with Crippen LogP contribution in [0.1, 0.15) is 0 Å². The molecule has 2 N–H and O–H groups in total. The molecule has 3 aromatic rings. The van der Waals surface area contributed by atoms with Crippen molar-refractivity contribution in [1.29, 1.82) is 0 Å². The van der Waals surface area contributed by atoms with Gasteiger partial charge in [0.25, 0.3) is 0 Å². The summed E-state index contributed by atoms with van der Waals surface area (Å²) in [6.07, 6.45) is 0. The number of hydrogen-bond donors (Lipinski definition) is 2. The molecule has 0 amide bonds. The van der Waals surface area contributed by atoms with Crippen LogP contribution in [-0.2, 0) is 0 Å². The number of hydrogen-bond acceptors (Lipinski definition) is 9. The summed E-state index contributed by atoms with van der Waals surface area (Å²) in [6, 6.07) is 4.72. The molecule has 2 aromatic carbocycles. The second-order valence-electron chi connectivity index (χ2n) is 5.81. The Bertz CT molecular complexity index is 1100. The predicted molar refractivity (Wildman–Crippen MR) is 104 cm³/mol. The van der Waals surface area contributed by atoms with Gasteiger partial charge < -0.3 is 38.3 Å². The Balaban J connectivity index is 2.59. The van der Waals surface area contributed by atoms with Crippen LogP contribution in [0.5, 0.6) is 40.2 Å². The van der Waals surface area contributed by atoms with E-state index in [4.69, 9.17) is 28.1 Å². The van der Waals surface area contributed by atoms with Gasteiger partial charge in [-0.15, -0.1) is 0 Å². The largest absolute Gasteiger partial charge is 0.504 e. The SMILES string of the molecule is COc1c(OC)c(OC)c(-c2cccc3oc(=O)c(O)c(O)c23)c(OC)c1OC. The zero-order valence-electron chi connectivity index (χ0n) is 16.5. The molecular weight excluding hydrogens is 384 g/mol. The first-order chi connectivity index (χ1) is 13.9. The molecule has 3 rings (SSSR count). The van der Waals surface area contributed by atoms with Crippen molar-refractivity contribution in [2.75, 3.05) is 35.5 Å². The Labute approximate surface area is 165 Å². The zero-order valence-corrected chi connectivity index (χ0v) is 16.5. The molecule has 0 aliphatic carbocycles. The van der Waals surface area contributed by atoms with Gasteiger partial charge in [0.15, 0.2) is 17.2 Å². The number of fused-ring (bicyclic) bond motifs is 1. The first-order valence-corrected chi connectivity index (χ1v) is 8.37. The van der Waals surface area contributed by atoms with Gasteiger partial charge in [-0.25, -0.2) is 4.79 Å². The van der Waals surface area contributed by atoms with Crippen LogP contribution in [-0.4, -0.2) is 45.8 Å². The van der Waals surface area contributed by atoms with E-state index in [9.17, 15) is 15.0 Å². The molecule has 0 spiro atoms. The van der Waals surface area contributed by atoms with Gasteiger partial charge in [0.2, 0.25) is 23.0 Å². The van der Waals surface area contributed by atoms with E-state index in [0.717, 1.165) is 0 Å². The van der Waals surface area contributed by atoms with Gasteiger partial charge in [-0.3, -0.25) is 0 Å². The highest BCUT2D eigenvalue weighted by Crippen LogP contribution is 2.58. The van der Waals surface area contributed by atoms with Crippen LogP contribution >= 0.6 is 0 Å². The summed E-state index contributed by atoms with van der Waals surface area (Å²) in [5, 5.41) is 20.5. The highest BCUT2D eigenvalue weighted by Gasteiger charge is 2.31. The molecule has 1 heterocycles. The molecule has 0 aliphatic rings. The quantitative estimate of drug-likeness (QED) is 0.598. The van der Waals surface area contributed by atoms with E-state index in [2.05, 4.69) is 0 Å². The average Bonchev–Trinajstić information content (AvgIpc) is 2.74. The summed E-state index contributed by atoms with van der Waals surface area (Å²) >= 11 is 0. The minimum atomic E-state index is -1.06. The van der Waals surface area contributed by atoms with E-state index in [-0.39, 0.29) is 39.7 Å². The summed E-state index contributed by atoms with van der Waals surface area (Å²) in [4.78, 5) is 11.7. The van der Waals surface area contributed by atoms with E-state index < -0.39 is 17.1 Å². The summed E-state index contributed by atoms with van der Waals surface area (Å²) in [5.41, 5.74) is -0.331. The van der Waals surface area contributed by atoms with E-state index >= 15 is 0 Å². The van der Waals surface area contributed by atoms with Crippen molar-refractivity contribution in [3.05, 3.63) is 28.6 Å². The Morgan fingerprint density at radius 1 is 0.724 bits per heavy atom. The fourth-order valence-corrected chi connectivity index (χ4v) is 3.26. The molecule has 0 atom stereocenters. The van der Waals surface area contributed by atoms with E-state index in [1.807, 2.05) is 0 Å². The maximum atomic E-state index is 11.7. The topological polar surface area (TPSA) is 117 Å². The first kappa shape index (κ1) is 20.0. The van der Waals surface area contributed by atoms with Crippen LogP contribution < -0.4 is 29.3 Å². The summed E-state index contributed by atoms with van der Waals surface area (Å²) in [6.45, 7) is 0. The monoisotopic (exact) mass is 404 g/mol. The maximum Gasteiger partial charge on any atom is 0.382 e. The van der Waals surface area contributed by atoms with Gasteiger partial charge in [-0.1, -0.05) is 12.1 Å². The van der Waals surface area contributed by atoms with Crippen LogP contribution in [0.15, 0.2) is 27.4 Å². The molecule has 1 aromatic heterocycles. The van der Waals surface area contributed by atoms with Crippen molar-refractivity contribution in [2.24, 2.45) is 0 Å². The van der Waals surface area contributed by atoms with Gasteiger partial charge >= 0.3 is 5.63 Å². The number of benzene rings is 2. The van der Waals surface area contributed by atoms with Crippen molar-refractivity contribution in [3.8, 4) is 51.4 Å². The summed E-state index contributed by atoms with van der Waals surface area (Å²) in [5.74, 6) is -0.410. The molecule has 154 valence electrons. The molecule has 0 saturated carbocycles. The highest BCUT2D eigenvalue weighted by molar-refractivity contribution is 6.03. The van der Waals surface area contributed by atoms with Crippen molar-refractivity contribution in [1.82, 2.24) is 0 Å². The average molecular weight is 404 g/mol. The number of ether oxygens (including phenoxy) is 5. The van der Waals surface area contributed by atoms with Crippen LogP contribution in [0.4, 0.5) is 0 Å². The molecule has 0 aliphatic heterocycles. The summed E-state index contributed by atoms with van der Waals surface area (Å²) < 4.78 is 32.6. The third-order valence-corrected chi connectivity index (χ3v) is 4.45. The fourth-order valence-electron chi connectivity index (χ4n) is 3.26. The van der Waals surface area contributed by atoms with Gasteiger partial charge in [-0.2, -0.15) is 0 Å². The molecule has 9 nitrogen and oxygen atoms in total. The standard InChI is InChI=1S/C20H20O9/c1-24-15-12(16(25-2)18(27-4)19(28-5)17(15)26-3)9-7-6-8-10-11(9)13(21)14(22)20(23)29-10/h6-8,21-22H,1-5H3. The molecule has 0 saturated heterocycles. The Morgan fingerprint density at radius 3 is 1.69 bits per heavy atom. The number of aromatic hydroxyl groups is 2. The second kappa shape index (κ2) is 7.70. The third kappa shape index (κ3) is 2.91. The Kier molecular flexibility index (Phi) is 5.31. The second-order valence-corrected chi connectivity index (χ2v) is 5.81. The maximum absolute atomic E-state index is 11.7. The smallest absolute Gasteiger partial charge is 0.382 e. The first-order valence-electron chi connectivity index (χ1n) is 8.37. The zero-order chi connectivity index (χ0) is 21.3. The minimum absolute atomic E-state index is 0.0562. The van der Waals surface area contributed by atoms with Crippen LogP contribution in [0.2, 0.25) is 0 Å². The van der Waals surface area contributed by atoms with E-state index in [1.54, 1.807) is 12.1 Å². The number of rotatable bonds is 6.